The molecule has 26 heavy (non-hydrogen) atoms. The second kappa shape index (κ2) is 10.8. The van der Waals surface area contributed by atoms with Crippen LogP contribution in [0.2, 0.25) is 0 Å². The van der Waals surface area contributed by atoms with E-state index in [1.807, 2.05) is 30.0 Å². The SMILES string of the molecule is COc1ccc(CC(O)CSCc2ccccc2SC(C)C)cc1OC. The predicted octanol–water partition coefficient (Wildman–Crippen LogP) is 5.04. The monoisotopic (exact) mass is 392 g/mol. The second-order valence-corrected chi connectivity index (χ2v) is 8.99. The highest BCUT2D eigenvalue weighted by Crippen LogP contribution is 2.30. The van der Waals surface area contributed by atoms with Crippen LogP contribution in [-0.2, 0) is 12.2 Å². The maximum atomic E-state index is 10.4. The molecule has 0 aromatic heterocycles. The van der Waals surface area contributed by atoms with Gasteiger partial charge in [-0.05, 0) is 35.7 Å². The van der Waals surface area contributed by atoms with E-state index >= 15 is 0 Å². The quantitative estimate of drug-likeness (QED) is 0.573. The molecule has 1 unspecified atom stereocenters. The Balaban J connectivity index is 1.87. The zero-order valence-corrected chi connectivity index (χ0v) is 17.5. The summed E-state index contributed by atoms with van der Waals surface area (Å²) in [5.74, 6) is 3.03. The topological polar surface area (TPSA) is 38.7 Å². The van der Waals surface area contributed by atoms with Gasteiger partial charge in [0.1, 0.15) is 0 Å². The highest BCUT2D eigenvalue weighted by atomic mass is 32.2. The first kappa shape index (κ1) is 21.0. The minimum absolute atomic E-state index is 0.386. The van der Waals surface area contributed by atoms with Crippen LogP contribution in [0.1, 0.15) is 25.0 Å². The molecule has 0 heterocycles. The first-order chi connectivity index (χ1) is 12.5. The molecule has 142 valence electrons. The minimum Gasteiger partial charge on any atom is -0.493 e. The Labute approximate surface area is 165 Å². The maximum Gasteiger partial charge on any atom is 0.160 e. The number of rotatable bonds is 10. The van der Waals surface area contributed by atoms with Crippen molar-refractivity contribution < 1.29 is 14.6 Å². The van der Waals surface area contributed by atoms with Crippen molar-refractivity contribution in [2.45, 2.75) is 42.3 Å². The molecule has 2 rings (SSSR count). The summed E-state index contributed by atoms with van der Waals surface area (Å²) in [6.07, 6.45) is 0.221. The molecule has 2 aromatic carbocycles. The summed E-state index contributed by atoms with van der Waals surface area (Å²) >= 11 is 3.67. The summed E-state index contributed by atoms with van der Waals surface area (Å²) < 4.78 is 10.6. The van der Waals surface area contributed by atoms with Crippen molar-refractivity contribution in [2.24, 2.45) is 0 Å². The number of benzene rings is 2. The lowest BCUT2D eigenvalue weighted by atomic mass is 10.1. The van der Waals surface area contributed by atoms with Crippen LogP contribution in [0.15, 0.2) is 47.4 Å². The molecule has 0 saturated carbocycles. The van der Waals surface area contributed by atoms with Crippen LogP contribution in [0.25, 0.3) is 0 Å². The van der Waals surface area contributed by atoms with Crippen molar-refractivity contribution >= 4 is 23.5 Å². The van der Waals surface area contributed by atoms with Crippen LogP contribution in [-0.4, -0.2) is 36.4 Å². The molecule has 0 bridgehead atoms. The number of hydrogen-bond acceptors (Lipinski definition) is 5. The van der Waals surface area contributed by atoms with Crippen LogP contribution in [0.4, 0.5) is 0 Å². The molecule has 0 aliphatic heterocycles. The average Bonchev–Trinajstić information content (AvgIpc) is 2.62. The van der Waals surface area contributed by atoms with Crippen molar-refractivity contribution in [1.29, 1.82) is 0 Å². The molecule has 2 aromatic rings. The lowest BCUT2D eigenvalue weighted by molar-refractivity contribution is 0.200. The van der Waals surface area contributed by atoms with Gasteiger partial charge in [0.2, 0.25) is 0 Å². The first-order valence-corrected chi connectivity index (χ1v) is 10.8. The van der Waals surface area contributed by atoms with Crippen molar-refractivity contribution in [3.8, 4) is 11.5 Å². The van der Waals surface area contributed by atoms with Gasteiger partial charge in [-0.1, -0.05) is 38.1 Å². The van der Waals surface area contributed by atoms with Crippen molar-refractivity contribution in [3.63, 3.8) is 0 Å². The van der Waals surface area contributed by atoms with Gasteiger partial charge < -0.3 is 14.6 Å². The second-order valence-electron chi connectivity index (χ2n) is 6.34. The molecule has 0 radical (unpaired) electrons. The molecule has 5 heteroatoms. The Morgan fingerprint density at radius 1 is 1.00 bits per heavy atom. The zero-order chi connectivity index (χ0) is 18.9. The molecule has 0 fully saturated rings. The van der Waals surface area contributed by atoms with Crippen molar-refractivity contribution in [3.05, 3.63) is 53.6 Å². The zero-order valence-electron chi connectivity index (χ0n) is 15.9. The van der Waals surface area contributed by atoms with Crippen LogP contribution < -0.4 is 9.47 Å². The van der Waals surface area contributed by atoms with E-state index in [1.165, 1.54) is 10.5 Å². The summed E-state index contributed by atoms with van der Waals surface area (Å²) in [5, 5.41) is 11.0. The van der Waals surface area contributed by atoms with Gasteiger partial charge in [-0.2, -0.15) is 11.8 Å². The van der Waals surface area contributed by atoms with Gasteiger partial charge >= 0.3 is 0 Å². The van der Waals surface area contributed by atoms with E-state index in [0.29, 0.717) is 28.9 Å². The normalized spacial score (nSPS) is 12.2. The van der Waals surface area contributed by atoms with Gasteiger partial charge in [-0.15, -0.1) is 11.8 Å². The largest absolute Gasteiger partial charge is 0.493 e. The van der Waals surface area contributed by atoms with Gasteiger partial charge in [-0.25, -0.2) is 0 Å². The van der Waals surface area contributed by atoms with Crippen LogP contribution in [0.3, 0.4) is 0 Å². The number of ether oxygens (including phenoxy) is 2. The molecular weight excluding hydrogens is 364 g/mol. The number of aliphatic hydroxyl groups is 1. The predicted molar refractivity (Wildman–Crippen MR) is 113 cm³/mol. The minimum atomic E-state index is -0.386. The van der Waals surface area contributed by atoms with Crippen molar-refractivity contribution in [2.75, 3.05) is 20.0 Å². The van der Waals surface area contributed by atoms with Gasteiger partial charge in [0.05, 0.1) is 20.3 Å². The number of methoxy groups -OCH3 is 2. The fourth-order valence-corrected chi connectivity index (χ4v) is 4.66. The molecule has 0 spiro atoms. The number of aliphatic hydroxyl groups excluding tert-OH is 1. The molecule has 0 saturated heterocycles. The highest BCUT2D eigenvalue weighted by Gasteiger charge is 2.11. The van der Waals surface area contributed by atoms with Gasteiger partial charge in [0, 0.05) is 21.7 Å². The first-order valence-electron chi connectivity index (χ1n) is 8.74. The average molecular weight is 393 g/mol. The molecule has 1 N–H and O–H groups in total. The highest BCUT2D eigenvalue weighted by molar-refractivity contribution is 8.00. The van der Waals surface area contributed by atoms with E-state index in [2.05, 4.69) is 38.1 Å². The maximum absolute atomic E-state index is 10.4. The van der Waals surface area contributed by atoms with Gasteiger partial charge in [-0.3, -0.25) is 0 Å². The Morgan fingerprint density at radius 2 is 1.73 bits per heavy atom. The van der Waals surface area contributed by atoms with Crippen LogP contribution in [0.5, 0.6) is 11.5 Å². The lowest BCUT2D eigenvalue weighted by Crippen LogP contribution is -2.14. The van der Waals surface area contributed by atoms with E-state index < -0.39 is 0 Å². The molecule has 0 aliphatic rings. The van der Waals surface area contributed by atoms with Crippen LogP contribution >= 0.6 is 23.5 Å². The number of thioether (sulfide) groups is 2. The van der Waals surface area contributed by atoms with E-state index in [0.717, 1.165) is 11.3 Å². The van der Waals surface area contributed by atoms with Gasteiger partial charge in [0.15, 0.2) is 11.5 Å². The van der Waals surface area contributed by atoms with E-state index in [1.54, 1.807) is 26.0 Å². The van der Waals surface area contributed by atoms with E-state index in [9.17, 15) is 5.11 Å². The Hall–Kier alpha value is -1.30. The fourth-order valence-electron chi connectivity index (χ4n) is 2.64. The van der Waals surface area contributed by atoms with E-state index in [-0.39, 0.29) is 6.10 Å². The standard InChI is InChI=1S/C21H28O3S2/c1-15(2)26-21-8-6-5-7-17(21)13-25-14-18(22)11-16-9-10-19(23-3)20(12-16)24-4/h5-10,12,15,18,22H,11,13-14H2,1-4H3. The van der Waals surface area contributed by atoms with Gasteiger partial charge in [0.25, 0.3) is 0 Å². The van der Waals surface area contributed by atoms with Crippen molar-refractivity contribution in [1.82, 2.24) is 0 Å². The Kier molecular flexibility index (Phi) is 8.69. The number of hydrogen-bond donors (Lipinski definition) is 1. The molecule has 3 nitrogen and oxygen atoms in total. The molecule has 0 amide bonds. The summed E-state index contributed by atoms with van der Waals surface area (Å²) in [6.45, 7) is 4.42. The summed E-state index contributed by atoms with van der Waals surface area (Å²) in [6, 6.07) is 14.3. The van der Waals surface area contributed by atoms with Crippen LogP contribution in [0, 0.1) is 0 Å². The molecular formula is C21H28O3S2. The molecule has 1 atom stereocenters. The summed E-state index contributed by atoms with van der Waals surface area (Å²) in [7, 11) is 3.25. The molecule has 0 aliphatic carbocycles. The summed E-state index contributed by atoms with van der Waals surface area (Å²) in [5.41, 5.74) is 2.39. The third-order valence-electron chi connectivity index (χ3n) is 3.82. The third kappa shape index (κ3) is 6.45. The summed E-state index contributed by atoms with van der Waals surface area (Å²) in [4.78, 5) is 1.34. The fraction of sp³-hybridized carbons (Fsp3) is 0.429. The Morgan fingerprint density at radius 3 is 2.42 bits per heavy atom. The Bertz CT molecular complexity index is 689. The smallest absolute Gasteiger partial charge is 0.160 e. The van der Waals surface area contributed by atoms with E-state index in [4.69, 9.17) is 9.47 Å². The lowest BCUT2D eigenvalue weighted by Gasteiger charge is -2.14. The third-order valence-corrected chi connectivity index (χ3v) is 6.08.